The molecule has 0 bridgehead atoms. The number of halogens is 3. The van der Waals surface area contributed by atoms with Crippen LogP contribution in [0, 0.1) is 0 Å². The van der Waals surface area contributed by atoms with Gasteiger partial charge < -0.3 is 5.32 Å². The SMILES string of the molecule is CCCNC(Cc1cccc(Cl)c1)c1ccc(Br)c(Cl)c1. The lowest BCUT2D eigenvalue weighted by atomic mass is 9.98. The normalized spacial score (nSPS) is 12.4. The lowest BCUT2D eigenvalue weighted by molar-refractivity contribution is 0.529. The van der Waals surface area contributed by atoms with E-state index in [0.29, 0.717) is 0 Å². The lowest BCUT2D eigenvalue weighted by Gasteiger charge is -2.20. The van der Waals surface area contributed by atoms with Gasteiger partial charge in [-0.15, -0.1) is 0 Å². The molecule has 21 heavy (non-hydrogen) atoms. The van der Waals surface area contributed by atoms with Gasteiger partial charge in [-0.3, -0.25) is 0 Å². The summed E-state index contributed by atoms with van der Waals surface area (Å²) in [6.07, 6.45) is 1.98. The van der Waals surface area contributed by atoms with Crippen LogP contribution in [0.3, 0.4) is 0 Å². The minimum absolute atomic E-state index is 0.231. The van der Waals surface area contributed by atoms with E-state index in [1.54, 1.807) is 0 Å². The van der Waals surface area contributed by atoms with Crippen LogP contribution in [0.15, 0.2) is 46.9 Å². The van der Waals surface area contributed by atoms with Crippen molar-refractivity contribution in [2.45, 2.75) is 25.8 Å². The molecule has 1 N–H and O–H groups in total. The molecular weight excluding hydrogens is 369 g/mol. The van der Waals surface area contributed by atoms with Gasteiger partial charge in [0.1, 0.15) is 0 Å². The minimum atomic E-state index is 0.231. The Labute approximate surface area is 144 Å². The molecule has 0 aliphatic rings. The first-order chi connectivity index (χ1) is 10.1. The van der Waals surface area contributed by atoms with Gasteiger partial charge in [0.05, 0.1) is 5.02 Å². The summed E-state index contributed by atoms with van der Waals surface area (Å²) < 4.78 is 0.921. The van der Waals surface area contributed by atoms with Crippen molar-refractivity contribution < 1.29 is 0 Å². The highest BCUT2D eigenvalue weighted by molar-refractivity contribution is 9.10. The zero-order valence-electron chi connectivity index (χ0n) is 11.9. The van der Waals surface area contributed by atoms with E-state index in [-0.39, 0.29) is 6.04 Å². The number of nitrogens with one attached hydrogen (secondary N) is 1. The molecule has 2 rings (SSSR count). The van der Waals surface area contributed by atoms with E-state index in [1.165, 1.54) is 11.1 Å². The maximum atomic E-state index is 6.22. The maximum Gasteiger partial charge on any atom is 0.0551 e. The molecule has 0 spiro atoms. The Morgan fingerprint density at radius 1 is 1.14 bits per heavy atom. The molecule has 2 aromatic rings. The van der Waals surface area contributed by atoms with E-state index in [2.05, 4.69) is 40.3 Å². The quantitative estimate of drug-likeness (QED) is 0.638. The topological polar surface area (TPSA) is 12.0 Å². The van der Waals surface area contributed by atoms with Crippen LogP contribution in [0.2, 0.25) is 10.0 Å². The first-order valence-corrected chi connectivity index (χ1v) is 8.58. The molecular formula is C17H18BrCl2N. The molecule has 1 unspecified atom stereocenters. The summed E-state index contributed by atoms with van der Waals surface area (Å²) in [5, 5.41) is 5.09. The number of benzene rings is 2. The molecule has 4 heteroatoms. The highest BCUT2D eigenvalue weighted by Gasteiger charge is 2.13. The number of rotatable bonds is 6. The first-order valence-electron chi connectivity index (χ1n) is 7.03. The van der Waals surface area contributed by atoms with Gasteiger partial charge in [0.15, 0.2) is 0 Å². The highest BCUT2D eigenvalue weighted by atomic mass is 79.9. The summed E-state index contributed by atoms with van der Waals surface area (Å²) in [6, 6.07) is 14.4. The van der Waals surface area contributed by atoms with Crippen LogP contribution in [0.5, 0.6) is 0 Å². The second-order valence-electron chi connectivity index (χ2n) is 5.01. The Morgan fingerprint density at radius 2 is 1.95 bits per heavy atom. The summed E-state index contributed by atoms with van der Waals surface area (Å²) in [5.74, 6) is 0. The highest BCUT2D eigenvalue weighted by Crippen LogP contribution is 2.28. The molecule has 0 fully saturated rings. The van der Waals surface area contributed by atoms with Crippen LogP contribution in [0.4, 0.5) is 0 Å². The van der Waals surface area contributed by atoms with Gasteiger partial charge in [0.2, 0.25) is 0 Å². The summed E-state index contributed by atoms with van der Waals surface area (Å²) in [6.45, 7) is 3.14. The second-order valence-corrected chi connectivity index (χ2v) is 6.71. The van der Waals surface area contributed by atoms with E-state index >= 15 is 0 Å². The molecule has 0 aliphatic carbocycles. The smallest absolute Gasteiger partial charge is 0.0551 e. The van der Waals surface area contributed by atoms with Crippen LogP contribution in [0.25, 0.3) is 0 Å². The zero-order valence-corrected chi connectivity index (χ0v) is 15.0. The van der Waals surface area contributed by atoms with Crippen LogP contribution in [-0.2, 0) is 6.42 Å². The molecule has 0 radical (unpaired) electrons. The summed E-state index contributed by atoms with van der Waals surface area (Å²) in [5.41, 5.74) is 2.41. The molecule has 0 aromatic heterocycles. The number of hydrogen-bond donors (Lipinski definition) is 1. The van der Waals surface area contributed by atoms with Crippen LogP contribution in [-0.4, -0.2) is 6.54 Å². The largest absolute Gasteiger partial charge is 0.310 e. The third-order valence-corrected chi connectivity index (χ3v) is 4.78. The van der Waals surface area contributed by atoms with E-state index in [0.717, 1.165) is 33.9 Å². The fraction of sp³-hybridized carbons (Fsp3) is 0.294. The van der Waals surface area contributed by atoms with Gasteiger partial charge in [-0.05, 0) is 70.7 Å². The molecule has 1 atom stereocenters. The molecule has 0 amide bonds. The Balaban J connectivity index is 2.22. The third kappa shape index (κ3) is 5.00. The van der Waals surface area contributed by atoms with Crippen molar-refractivity contribution >= 4 is 39.1 Å². The lowest BCUT2D eigenvalue weighted by Crippen LogP contribution is -2.24. The Bertz CT molecular complexity index is 601. The van der Waals surface area contributed by atoms with Crippen molar-refractivity contribution in [3.05, 3.63) is 68.1 Å². The molecule has 2 aromatic carbocycles. The molecule has 112 valence electrons. The van der Waals surface area contributed by atoms with Gasteiger partial charge in [0.25, 0.3) is 0 Å². The van der Waals surface area contributed by atoms with Crippen molar-refractivity contribution in [2.24, 2.45) is 0 Å². The maximum absolute atomic E-state index is 6.22. The van der Waals surface area contributed by atoms with Gasteiger partial charge in [-0.2, -0.15) is 0 Å². The average molecular weight is 387 g/mol. The Kier molecular flexibility index (Phi) is 6.56. The Hall–Kier alpha value is -0.540. The third-order valence-electron chi connectivity index (χ3n) is 3.32. The average Bonchev–Trinajstić information content (AvgIpc) is 2.46. The zero-order chi connectivity index (χ0) is 15.2. The molecule has 0 saturated carbocycles. The van der Waals surface area contributed by atoms with Crippen molar-refractivity contribution in [2.75, 3.05) is 6.54 Å². The first kappa shape index (κ1) is 16.8. The molecule has 0 aliphatic heterocycles. The van der Waals surface area contributed by atoms with Gasteiger partial charge in [-0.1, -0.05) is 48.3 Å². The minimum Gasteiger partial charge on any atom is -0.310 e. The summed E-state index contributed by atoms with van der Waals surface area (Å²) >= 11 is 15.7. The van der Waals surface area contributed by atoms with Crippen molar-refractivity contribution in [3.63, 3.8) is 0 Å². The van der Waals surface area contributed by atoms with Crippen LogP contribution < -0.4 is 5.32 Å². The predicted octanol–water partition coefficient (Wildman–Crippen LogP) is 6.04. The van der Waals surface area contributed by atoms with E-state index in [9.17, 15) is 0 Å². The van der Waals surface area contributed by atoms with Crippen LogP contribution >= 0.6 is 39.1 Å². The van der Waals surface area contributed by atoms with Crippen molar-refractivity contribution in [3.8, 4) is 0 Å². The number of hydrogen-bond acceptors (Lipinski definition) is 1. The predicted molar refractivity (Wildman–Crippen MR) is 95.3 cm³/mol. The van der Waals surface area contributed by atoms with Gasteiger partial charge >= 0.3 is 0 Å². The summed E-state index contributed by atoms with van der Waals surface area (Å²) in [7, 11) is 0. The molecule has 1 nitrogen and oxygen atoms in total. The van der Waals surface area contributed by atoms with Gasteiger partial charge in [0, 0.05) is 15.5 Å². The van der Waals surface area contributed by atoms with Crippen molar-refractivity contribution in [1.29, 1.82) is 0 Å². The monoisotopic (exact) mass is 385 g/mol. The van der Waals surface area contributed by atoms with Crippen LogP contribution in [0.1, 0.15) is 30.5 Å². The fourth-order valence-electron chi connectivity index (χ4n) is 2.26. The van der Waals surface area contributed by atoms with Crippen molar-refractivity contribution in [1.82, 2.24) is 5.32 Å². The molecule has 0 saturated heterocycles. The van der Waals surface area contributed by atoms with E-state index in [4.69, 9.17) is 23.2 Å². The van der Waals surface area contributed by atoms with E-state index in [1.807, 2.05) is 30.3 Å². The Morgan fingerprint density at radius 3 is 2.62 bits per heavy atom. The van der Waals surface area contributed by atoms with E-state index < -0.39 is 0 Å². The standard InChI is InChI=1S/C17H18BrCl2N/c1-2-8-21-17(10-12-4-3-5-14(19)9-12)13-6-7-15(18)16(20)11-13/h3-7,9,11,17,21H,2,8,10H2,1H3. The second kappa shape index (κ2) is 8.19. The van der Waals surface area contributed by atoms with Gasteiger partial charge in [-0.25, -0.2) is 0 Å². The molecule has 0 heterocycles. The summed E-state index contributed by atoms with van der Waals surface area (Å²) in [4.78, 5) is 0. The fourth-order valence-corrected chi connectivity index (χ4v) is 2.90.